The first-order valence-corrected chi connectivity index (χ1v) is 7.23. The second kappa shape index (κ2) is 7.98. The predicted molar refractivity (Wildman–Crippen MR) is 78.6 cm³/mol. The van der Waals surface area contributed by atoms with E-state index in [1.807, 2.05) is 6.08 Å². The number of aliphatic carboxylic acids is 1. The number of carbonyl (C=O) groups is 2. The average molecular weight is 296 g/mol. The van der Waals surface area contributed by atoms with Crippen LogP contribution in [0.15, 0.2) is 23.3 Å². The van der Waals surface area contributed by atoms with Crippen molar-refractivity contribution in [3.63, 3.8) is 0 Å². The first kappa shape index (κ1) is 17.4. The summed E-state index contributed by atoms with van der Waals surface area (Å²) in [6.07, 6.45) is 5.37. The van der Waals surface area contributed by atoms with Crippen molar-refractivity contribution in [3.05, 3.63) is 23.3 Å². The van der Waals surface area contributed by atoms with Crippen LogP contribution in [0.25, 0.3) is 0 Å². The van der Waals surface area contributed by atoms with E-state index >= 15 is 0 Å². The largest absolute Gasteiger partial charge is 0.478 e. The molecule has 0 unspecified atom stereocenters. The van der Waals surface area contributed by atoms with Gasteiger partial charge in [0, 0.05) is 6.92 Å². The van der Waals surface area contributed by atoms with Gasteiger partial charge >= 0.3 is 11.9 Å². The lowest BCUT2D eigenvalue weighted by atomic mass is 9.74. The van der Waals surface area contributed by atoms with Gasteiger partial charge in [0.2, 0.25) is 0 Å². The van der Waals surface area contributed by atoms with E-state index in [1.54, 1.807) is 6.08 Å². The van der Waals surface area contributed by atoms with Crippen LogP contribution in [0, 0.1) is 17.8 Å². The molecule has 21 heavy (non-hydrogen) atoms. The minimum atomic E-state index is -1.08. The maximum atomic E-state index is 11.3. The fourth-order valence-electron chi connectivity index (χ4n) is 2.70. The Bertz CT molecular complexity index is 448. The smallest absolute Gasteiger partial charge is 0.334 e. The number of esters is 1. The third-order valence-electron chi connectivity index (χ3n) is 3.88. The summed E-state index contributed by atoms with van der Waals surface area (Å²) >= 11 is 0. The molecule has 0 heterocycles. The molecule has 5 heteroatoms. The zero-order valence-electron chi connectivity index (χ0n) is 12.8. The van der Waals surface area contributed by atoms with Gasteiger partial charge < -0.3 is 14.9 Å². The van der Waals surface area contributed by atoms with E-state index in [0.29, 0.717) is 11.8 Å². The van der Waals surface area contributed by atoms with Gasteiger partial charge in [-0.3, -0.25) is 4.79 Å². The van der Waals surface area contributed by atoms with Gasteiger partial charge in [-0.15, -0.1) is 0 Å². The molecule has 118 valence electrons. The first-order chi connectivity index (χ1) is 9.85. The maximum Gasteiger partial charge on any atom is 0.334 e. The fraction of sp³-hybridized carbons (Fsp3) is 0.625. The normalized spacial score (nSPS) is 22.9. The molecule has 1 rings (SSSR count). The van der Waals surface area contributed by atoms with Crippen LogP contribution < -0.4 is 0 Å². The standard InChI is InChI=1S/C16H24O5/c1-10(2)15-5-4-12(8-17)6-13(15)7-14(16(19)20)9-21-11(3)18/h6-7,10,13,15,17H,4-5,8-9H2,1-3H3,(H,19,20)/b14-7+/t13-,15-/m1/s1. The Morgan fingerprint density at radius 3 is 2.62 bits per heavy atom. The van der Waals surface area contributed by atoms with Crippen molar-refractivity contribution < 1.29 is 24.5 Å². The number of aliphatic hydroxyl groups excluding tert-OH is 1. The van der Waals surface area contributed by atoms with Crippen molar-refractivity contribution in [1.82, 2.24) is 0 Å². The van der Waals surface area contributed by atoms with Gasteiger partial charge in [-0.1, -0.05) is 26.0 Å². The summed E-state index contributed by atoms with van der Waals surface area (Å²) in [5.74, 6) is -0.901. The highest BCUT2D eigenvalue weighted by Gasteiger charge is 2.27. The molecule has 0 fully saturated rings. The van der Waals surface area contributed by atoms with E-state index in [0.717, 1.165) is 18.4 Å². The quantitative estimate of drug-likeness (QED) is 0.446. The van der Waals surface area contributed by atoms with Gasteiger partial charge in [-0.25, -0.2) is 4.79 Å². The van der Waals surface area contributed by atoms with Gasteiger partial charge in [0.1, 0.15) is 6.61 Å². The summed E-state index contributed by atoms with van der Waals surface area (Å²) in [4.78, 5) is 22.1. The number of rotatable bonds is 6. The molecule has 2 N–H and O–H groups in total. The van der Waals surface area contributed by atoms with Crippen LogP contribution in [0.2, 0.25) is 0 Å². The minimum absolute atomic E-state index is 0.00149. The Labute approximate surface area is 125 Å². The van der Waals surface area contributed by atoms with Crippen molar-refractivity contribution >= 4 is 11.9 Å². The van der Waals surface area contributed by atoms with Gasteiger partial charge in [-0.05, 0) is 36.2 Å². The summed E-state index contributed by atoms with van der Waals surface area (Å²) in [6.45, 7) is 5.24. The lowest BCUT2D eigenvalue weighted by Crippen LogP contribution is -2.24. The molecule has 1 aliphatic rings. The van der Waals surface area contributed by atoms with Crippen molar-refractivity contribution in [2.75, 3.05) is 13.2 Å². The monoisotopic (exact) mass is 296 g/mol. The van der Waals surface area contributed by atoms with Crippen LogP contribution >= 0.6 is 0 Å². The molecule has 0 saturated carbocycles. The number of hydrogen-bond donors (Lipinski definition) is 2. The summed E-state index contributed by atoms with van der Waals surface area (Å²) in [5, 5.41) is 18.5. The molecule has 0 aromatic heterocycles. The summed E-state index contributed by atoms with van der Waals surface area (Å²) in [7, 11) is 0. The fourth-order valence-corrected chi connectivity index (χ4v) is 2.70. The first-order valence-electron chi connectivity index (χ1n) is 7.23. The Hall–Kier alpha value is -1.62. The van der Waals surface area contributed by atoms with Crippen LogP contribution in [0.3, 0.4) is 0 Å². The summed E-state index contributed by atoms with van der Waals surface area (Å²) < 4.78 is 4.80. The number of carboxylic acid groups (broad SMARTS) is 1. The number of carboxylic acids is 1. The highest BCUT2D eigenvalue weighted by atomic mass is 16.5. The molecule has 0 bridgehead atoms. The molecule has 0 radical (unpaired) electrons. The van der Waals surface area contributed by atoms with Crippen LogP contribution in [-0.4, -0.2) is 35.4 Å². The number of ether oxygens (including phenoxy) is 1. The third-order valence-corrected chi connectivity index (χ3v) is 3.88. The summed E-state index contributed by atoms with van der Waals surface area (Å²) in [5.41, 5.74) is 1.02. The molecule has 0 aromatic carbocycles. The van der Waals surface area contributed by atoms with Crippen molar-refractivity contribution in [2.24, 2.45) is 17.8 Å². The SMILES string of the molecule is CC(=O)OC/C(=C\[C@H]1C=C(CO)CC[C@@H]1C(C)C)C(=O)O. The highest BCUT2D eigenvalue weighted by molar-refractivity contribution is 5.87. The average Bonchev–Trinajstić information content (AvgIpc) is 2.42. The van der Waals surface area contributed by atoms with Gasteiger partial charge in [-0.2, -0.15) is 0 Å². The second-order valence-corrected chi connectivity index (χ2v) is 5.78. The molecular weight excluding hydrogens is 272 g/mol. The van der Waals surface area contributed by atoms with Crippen LogP contribution in [0.4, 0.5) is 0 Å². The predicted octanol–water partition coefficient (Wildman–Crippen LogP) is 2.16. The van der Waals surface area contributed by atoms with E-state index in [4.69, 9.17) is 4.74 Å². The lowest BCUT2D eigenvalue weighted by molar-refractivity contribution is -0.141. The molecular formula is C16H24O5. The van der Waals surface area contributed by atoms with Crippen molar-refractivity contribution in [2.45, 2.75) is 33.6 Å². The third kappa shape index (κ3) is 5.34. The highest BCUT2D eigenvalue weighted by Crippen LogP contribution is 2.35. The van der Waals surface area contributed by atoms with E-state index in [2.05, 4.69) is 13.8 Å². The molecule has 2 atom stereocenters. The molecule has 0 aliphatic heterocycles. The van der Waals surface area contributed by atoms with Crippen LogP contribution in [0.5, 0.6) is 0 Å². The lowest BCUT2D eigenvalue weighted by Gasteiger charge is -2.31. The van der Waals surface area contributed by atoms with E-state index in [1.165, 1.54) is 6.92 Å². The molecule has 5 nitrogen and oxygen atoms in total. The Morgan fingerprint density at radius 1 is 1.48 bits per heavy atom. The van der Waals surface area contributed by atoms with Crippen LogP contribution in [-0.2, 0) is 14.3 Å². The molecule has 0 spiro atoms. The topological polar surface area (TPSA) is 83.8 Å². The summed E-state index contributed by atoms with van der Waals surface area (Å²) in [6, 6.07) is 0. The minimum Gasteiger partial charge on any atom is -0.478 e. The number of allylic oxidation sites excluding steroid dienone is 2. The molecule has 0 amide bonds. The van der Waals surface area contributed by atoms with Gasteiger partial charge in [0.05, 0.1) is 12.2 Å². The van der Waals surface area contributed by atoms with E-state index < -0.39 is 11.9 Å². The molecule has 0 aromatic rings. The molecule has 1 aliphatic carbocycles. The molecule has 0 saturated heterocycles. The second-order valence-electron chi connectivity index (χ2n) is 5.78. The maximum absolute atomic E-state index is 11.3. The zero-order chi connectivity index (χ0) is 16.0. The van der Waals surface area contributed by atoms with Gasteiger partial charge in [0.15, 0.2) is 0 Å². The van der Waals surface area contributed by atoms with Crippen LogP contribution in [0.1, 0.15) is 33.6 Å². The zero-order valence-corrected chi connectivity index (χ0v) is 12.8. The van der Waals surface area contributed by atoms with E-state index in [-0.39, 0.29) is 24.7 Å². The Balaban J connectivity index is 3.00. The number of aliphatic hydroxyl groups is 1. The van der Waals surface area contributed by atoms with E-state index in [9.17, 15) is 19.8 Å². The number of carbonyl (C=O) groups excluding carboxylic acids is 1. The van der Waals surface area contributed by atoms with Gasteiger partial charge in [0.25, 0.3) is 0 Å². The van der Waals surface area contributed by atoms with Crippen molar-refractivity contribution in [3.8, 4) is 0 Å². The Morgan fingerprint density at radius 2 is 2.14 bits per heavy atom. The van der Waals surface area contributed by atoms with Crippen molar-refractivity contribution in [1.29, 1.82) is 0 Å². The Kier molecular flexibility index (Phi) is 6.62. The number of hydrogen-bond acceptors (Lipinski definition) is 4.